The summed E-state index contributed by atoms with van der Waals surface area (Å²) in [6.07, 6.45) is 3.46. The molecule has 1 N–H and O–H groups in total. The highest BCUT2D eigenvalue weighted by atomic mass is 16.4. The quantitative estimate of drug-likeness (QED) is 0.799. The second-order valence-electron chi connectivity index (χ2n) is 4.26. The maximum atomic E-state index is 10.5. The van der Waals surface area contributed by atoms with Crippen molar-refractivity contribution in [1.29, 1.82) is 0 Å². The summed E-state index contributed by atoms with van der Waals surface area (Å²) >= 11 is 0. The number of carboxylic acid groups (broad SMARTS) is 1. The van der Waals surface area contributed by atoms with E-state index in [2.05, 4.69) is 17.0 Å². The predicted octanol–water partition coefficient (Wildman–Crippen LogP) is 2.52. The van der Waals surface area contributed by atoms with Crippen LogP contribution >= 0.6 is 0 Å². The molecule has 0 unspecified atom stereocenters. The zero-order valence-corrected chi connectivity index (χ0v) is 9.30. The number of hydrogen-bond acceptors (Lipinski definition) is 2. The Balaban J connectivity index is 1.93. The molecule has 0 radical (unpaired) electrons. The molecule has 1 saturated carbocycles. The Morgan fingerprint density at radius 1 is 1.31 bits per heavy atom. The summed E-state index contributed by atoms with van der Waals surface area (Å²) in [5.41, 5.74) is 1.22. The molecular weight excluding hydrogens is 202 g/mol. The van der Waals surface area contributed by atoms with Crippen molar-refractivity contribution in [3.63, 3.8) is 0 Å². The van der Waals surface area contributed by atoms with Gasteiger partial charge in [0.05, 0.1) is 0 Å². The van der Waals surface area contributed by atoms with E-state index in [9.17, 15) is 4.79 Å². The third-order valence-electron chi connectivity index (χ3n) is 2.87. The van der Waals surface area contributed by atoms with Gasteiger partial charge in [0, 0.05) is 24.7 Å². The number of aliphatic carboxylic acids is 1. The second kappa shape index (κ2) is 5.01. The molecular formula is C13H17NO2. The van der Waals surface area contributed by atoms with E-state index < -0.39 is 5.97 Å². The molecule has 86 valence electrons. The lowest BCUT2D eigenvalue weighted by atomic mass is 10.2. The predicted molar refractivity (Wildman–Crippen MR) is 63.7 cm³/mol. The van der Waals surface area contributed by atoms with Gasteiger partial charge in [-0.3, -0.25) is 4.79 Å². The molecule has 3 nitrogen and oxygen atoms in total. The smallest absolute Gasteiger partial charge is 0.303 e. The van der Waals surface area contributed by atoms with Crippen LogP contribution in [0.3, 0.4) is 0 Å². The summed E-state index contributed by atoms with van der Waals surface area (Å²) in [6.45, 7) is 0.848. The van der Waals surface area contributed by atoms with Crippen LogP contribution in [-0.2, 0) is 4.79 Å². The van der Waals surface area contributed by atoms with Crippen LogP contribution in [0.1, 0.15) is 25.7 Å². The van der Waals surface area contributed by atoms with Gasteiger partial charge in [0.15, 0.2) is 0 Å². The third-order valence-corrected chi connectivity index (χ3v) is 2.87. The molecule has 0 saturated heterocycles. The minimum Gasteiger partial charge on any atom is -0.481 e. The fourth-order valence-electron chi connectivity index (χ4n) is 1.93. The Kier molecular flexibility index (Phi) is 3.44. The summed E-state index contributed by atoms with van der Waals surface area (Å²) in [4.78, 5) is 12.8. The molecule has 1 aliphatic carbocycles. The van der Waals surface area contributed by atoms with Crippen molar-refractivity contribution in [3.05, 3.63) is 30.3 Å². The molecule has 1 aromatic carbocycles. The number of para-hydroxylation sites is 1. The summed E-state index contributed by atoms with van der Waals surface area (Å²) in [5.74, 6) is -0.705. The van der Waals surface area contributed by atoms with Gasteiger partial charge in [0.1, 0.15) is 0 Å². The van der Waals surface area contributed by atoms with E-state index in [0.717, 1.165) is 13.0 Å². The topological polar surface area (TPSA) is 40.5 Å². The summed E-state index contributed by atoms with van der Waals surface area (Å²) in [7, 11) is 0. The van der Waals surface area contributed by atoms with Crippen LogP contribution < -0.4 is 4.90 Å². The van der Waals surface area contributed by atoms with Gasteiger partial charge in [-0.25, -0.2) is 0 Å². The number of carbonyl (C=O) groups is 1. The van der Waals surface area contributed by atoms with E-state index >= 15 is 0 Å². The van der Waals surface area contributed by atoms with Crippen LogP contribution in [0.25, 0.3) is 0 Å². The molecule has 1 aromatic rings. The average molecular weight is 219 g/mol. The van der Waals surface area contributed by atoms with Crippen LogP contribution in [0.4, 0.5) is 5.69 Å². The lowest BCUT2D eigenvalue weighted by Crippen LogP contribution is -2.27. The first-order valence-electron chi connectivity index (χ1n) is 5.81. The number of hydrogen-bond donors (Lipinski definition) is 1. The zero-order chi connectivity index (χ0) is 11.4. The summed E-state index contributed by atoms with van der Waals surface area (Å²) in [5, 5.41) is 8.63. The standard InChI is InChI=1S/C13H17NO2/c15-13(16)7-4-10-14(12-8-9-12)11-5-2-1-3-6-11/h1-3,5-6,12H,4,7-10H2,(H,15,16). The molecule has 1 aliphatic rings. The Hall–Kier alpha value is -1.51. The molecule has 0 bridgehead atoms. The van der Waals surface area contributed by atoms with Gasteiger partial charge in [0.2, 0.25) is 0 Å². The van der Waals surface area contributed by atoms with Gasteiger partial charge in [0.25, 0.3) is 0 Å². The van der Waals surface area contributed by atoms with Crippen LogP contribution in [0, 0.1) is 0 Å². The van der Waals surface area contributed by atoms with Crippen molar-refractivity contribution in [1.82, 2.24) is 0 Å². The van der Waals surface area contributed by atoms with Crippen molar-refractivity contribution >= 4 is 11.7 Å². The third kappa shape index (κ3) is 2.99. The largest absolute Gasteiger partial charge is 0.481 e. The molecule has 16 heavy (non-hydrogen) atoms. The maximum Gasteiger partial charge on any atom is 0.303 e. The molecule has 0 spiro atoms. The van der Waals surface area contributed by atoms with Crippen LogP contribution in [-0.4, -0.2) is 23.7 Å². The van der Waals surface area contributed by atoms with Crippen molar-refractivity contribution in [3.8, 4) is 0 Å². The van der Waals surface area contributed by atoms with Crippen molar-refractivity contribution in [2.75, 3.05) is 11.4 Å². The van der Waals surface area contributed by atoms with Gasteiger partial charge in [-0.2, -0.15) is 0 Å². The maximum absolute atomic E-state index is 10.5. The van der Waals surface area contributed by atoms with Crippen LogP contribution in [0.15, 0.2) is 30.3 Å². The van der Waals surface area contributed by atoms with Crippen LogP contribution in [0.5, 0.6) is 0 Å². The molecule has 0 heterocycles. The lowest BCUT2D eigenvalue weighted by molar-refractivity contribution is -0.137. The first-order valence-corrected chi connectivity index (χ1v) is 5.81. The number of carboxylic acids is 1. The SMILES string of the molecule is O=C(O)CCCN(c1ccccc1)C1CC1. The van der Waals surface area contributed by atoms with Gasteiger partial charge in [-0.05, 0) is 31.4 Å². The highest BCUT2D eigenvalue weighted by Crippen LogP contribution is 2.31. The molecule has 1 fully saturated rings. The van der Waals surface area contributed by atoms with Crippen molar-refractivity contribution in [2.24, 2.45) is 0 Å². The molecule has 2 rings (SSSR count). The fourth-order valence-corrected chi connectivity index (χ4v) is 1.93. The fraction of sp³-hybridized carbons (Fsp3) is 0.462. The highest BCUT2D eigenvalue weighted by Gasteiger charge is 2.28. The van der Waals surface area contributed by atoms with Crippen molar-refractivity contribution in [2.45, 2.75) is 31.7 Å². The van der Waals surface area contributed by atoms with Crippen LogP contribution in [0.2, 0.25) is 0 Å². The molecule has 3 heteroatoms. The monoisotopic (exact) mass is 219 g/mol. The van der Waals surface area contributed by atoms with E-state index in [1.54, 1.807) is 0 Å². The van der Waals surface area contributed by atoms with E-state index in [4.69, 9.17) is 5.11 Å². The Labute approximate surface area is 95.7 Å². The zero-order valence-electron chi connectivity index (χ0n) is 9.30. The summed E-state index contributed by atoms with van der Waals surface area (Å²) < 4.78 is 0. The minimum atomic E-state index is -0.705. The molecule has 0 amide bonds. The Morgan fingerprint density at radius 2 is 2.00 bits per heavy atom. The Bertz CT molecular complexity index is 346. The normalized spacial score (nSPS) is 14.8. The number of anilines is 1. The second-order valence-corrected chi connectivity index (χ2v) is 4.26. The number of rotatable bonds is 6. The first-order chi connectivity index (χ1) is 7.77. The highest BCUT2D eigenvalue weighted by molar-refractivity contribution is 5.66. The number of nitrogens with zero attached hydrogens (tertiary/aromatic N) is 1. The van der Waals surface area contributed by atoms with Crippen molar-refractivity contribution < 1.29 is 9.90 Å². The van der Waals surface area contributed by atoms with Gasteiger partial charge in [-0.15, -0.1) is 0 Å². The lowest BCUT2D eigenvalue weighted by Gasteiger charge is -2.24. The number of benzene rings is 1. The van der Waals surface area contributed by atoms with Gasteiger partial charge >= 0.3 is 5.97 Å². The average Bonchev–Trinajstić information content (AvgIpc) is 3.09. The molecule has 0 aromatic heterocycles. The molecule has 0 aliphatic heterocycles. The Morgan fingerprint density at radius 3 is 2.56 bits per heavy atom. The molecule has 0 atom stereocenters. The van der Waals surface area contributed by atoms with E-state index in [1.807, 2.05) is 18.2 Å². The summed E-state index contributed by atoms with van der Waals surface area (Å²) in [6, 6.07) is 10.9. The first kappa shape index (κ1) is 11.0. The van der Waals surface area contributed by atoms with Gasteiger partial charge < -0.3 is 10.0 Å². The van der Waals surface area contributed by atoms with E-state index in [1.165, 1.54) is 18.5 Å². The van der Waals surface area contributed by atoms with E-state index in [0.29, 0.717) is 6.04 Å². The van der Waals surface area contributed by atoms with E-state index in [-0.39, 0.29) is 6.42 Å². The van der Waals surface area contributed by atoms with Gasteiger partial charge in [-0.1, -0.05) is 18.2 Å². The minimum absolute atomic E-state index is 0.260.